The van der Waals surface area contributed by atoms with E-state index < -0.39 is 0 Å². The van der Waals surface area contributed by atoms with Crippen molar-refractivity contribution in [1.29, 1.82) is 0 Å². The molecule has 3 heteroatoms. The molecule has 19 heavy (non-hydrogen) atoms. The summed E-state index contributed by atoms with van der Waals surface area (Å²) in [5.74, 6) is 0.853. The lowest BCUT2D eigenvalue weighted by Gasteiger charge is -2.08. The molecule has 3 nitrogen and oxygen atoms in total. The van der Waals surface area contributed by atoms with Crippen molar-refractivity contribution in [1.82, 2.24) is 9.71 Å². The van der Waals surface area contributed by atoms with E-state index in [2.05, 4.69) is 13.0 Å². The molecule has 0 amide bonds. The highest BCUT2D eigenvalue weighted by Gasteiger charge is 2.14. The average Bonchev–Trinajstić information content (AvgIpc) is 2.81. The van der Waals surface area contributed by atoms with Crippen molar-refractivity contribution in [3.63, 3.8) is 0 Å². The summed E-state index contributed by atoms with van der Waals surface area (Å²) in [5.41, 5.74) is 4.23. The third kappa shape index (κ3) is 1.97. The summed E-state index contributed by atoms with van der Waals surface area (Å²) in [7, 11) is 0. The number of fused-ring (bicyclic) bond motifs is 1. The normalized spacial score (nSPS) is 10.8. The molecule has 0 saturated carbocycles. The van der Waals surface area contributed by atoms with E-state index >= 15 is 0 Å². The van der Waals surface area contributed by atoms with Crippen molar-refractivity contribution >= 4 is 11.0 Å². The summed E-state index contributed by atoms with van der Waals surface area (Å²) in [4.78, 5) is 10.5. The van der Waals surface area contributed by atoms with Gasteiger partial charge in [-0.05, 0) is 25.5 Å². The van der Waals surface area contributed by atoms with Crippen molar-refractivity contribution in [3.8, 4) is 11.4 Å². The minimum absolute atomic E-state index is 0.610. The summed E-state index contributed by atoms with van der Waals surface area (Å²) in [6.45, 7) is 4.66. The maximum atomic E-state index is 5.75. The molecule has 0 atom stereocenters. The first-order valence-electron chi connectivity index (χ1n) is 6.48. The predicted octanol–water partition coefficient (Wildman–Crippen LogP) is 3.46. The molecule has 0 unspecified atom stereocenters. The number of benzene rings is 2. The van der Waals surface area contributed by atoms with Gasteiger partial charge in [0.1, 0.15) is 12.1 Å². The molecule has 0 aliphatic carbocycles. The molecule has 0 bridgehead atoms. The third-order valence-corrected chi connectivity index (χ3v) is 3.14. The van der Waals surface area contributed by atoms with Gasteiger partial charge in [0.2, 0.25) is 0 Å². The third-order valence-electron chi connectivity index (χ3n) is 3.14. The van der Waals surface area contributed by atoms with Crippen LogP contribution in [-0.2, 0) is 0 Å². The van der Waals surface area contributed by atoms with E-state index in [4.69, 9.17) is 9.82 Å². The summed E-state index contributed by atoms with van der Waals surface area (Å²) in [5, 5.41) is 0. The second-order valence-electron chi connectivity index (χ2n) is 4.46. The predicted molar refractivity (Wildman–Crippen MR) is 77.0 cm³/mol. The SMILES string of the molecule is CCOn1c(-c2ccccc2)nc2c(C)cccc21. The Hall–Kier alpha value is -2.29. The fourth-order valence-corrected chi connectivity index (χ4v) is 2.25. The van der Waals surface area contributed by atoms with Gasteiger partial charge in [0.15, 0.2) is 5.82 Å². The fourth-order valence-electron chi connectivity index (χ4n) is 2.25. The van der Waals surface area contributed by atoms with Crippen molar-refractivity contribution < 1.29 is 4.84 Å². The summed E-state index contributed by atoms with van der Waals surface area (Å²) in [6, 6.07) is 16.3. The first-order valence-corrected chi connectivity index (χ1v) is 6.48. The maximum Gasteiger partial charge on any atom is 0.176 e. The lowest BCUT2D eigenvalue weighted by molar-refractivity contribution is 0.135. The molecule has 3 aromatic rings. The lowest BCUT2D eigenvalue weighted by Crippen LogP contribution is -2.11. The van der Waals surface area contributed by atoms with Gasteiger partial charge in [0, 0.05) is 5.56 Å². The molecule has 1 heterocycles. The van der Waals surface area contributed by atoms with E-state index in [1.807, 2.05) is 54.1 Å². The first kappa shape index (κ1) is 11.8. The van der Waals surface area contributed by atoms with Crippen LogP contribution in [0.2, 0.25) is 0 Å². The average molecular weight is 252 g/mol. The minimum Gasteiger partial charge on any atom is -0.412 e. The molecular formula is C16H16N2O. The number of hydrogen-bond acceptors (Lipinski definition) is 2. The zero-order valence-corrected chi connectivity index (χ0v) is 11.1. The number of nitrogens with zero attached hydrogens (tertiary/aromatic N) is 2. The number of para-hydroxylation sites is 1. The molecule has 0 aliphatic rings. The molecule has 0 N–H and O–H groups in total. The van der Waals surface area contributed by atoms with Gasteiger partial charge in [0.05, 0.1) is 5.52 Å². The Kier molecular flexibility index (Phi) is 2.95. The van der Waals surface area contributed by atoms with Gasteiger partial charge in [-0.1, -0.05) is 42.5 Å². The summed E-state index contributed by atoms with van der Waals surface area (Å²) < 4.78 is 1.83. The quantitative estimate of drug-likeness (QED) is 0.713. The molecule has 0 aliphatic heterocycles. The zero-order chi connectivity index (χ0) is 13.2. The molecule has 0 radical (unpaired) electrons. The fraction of sp³-hybridized carbons (Fsp3) is 0.188. The van der Waals surface area contributed by atoms with Gasteiger partial charge in [-0.2, -0.15) is 4.73 Å². The van der Waals surface area contributed by atoms with E-state index in [-0.39, 0.29) is 0 Å². The number of aromatic nitrogens is 2. The molecule has 0 spiro atoms. The van der Waals surface area contributed by atoms with Crippen LogP contribution < -0.4 is 4.84 Å². The first-order chi connectivity index (χ1) is 9.31. The Balaban J connectivity index is 2.29. The van der Waals surface area contributed by atoms with Gasteiger partial charge >= 0.3 is 0 Å². The molecule has 0 saturated heterocycles. The van der Waals surface area contributed by atoms with E-state index in [1.165, 1.54) is 0 Å². The number of rotatable bonds is 3. The van der Waals surface area contributed by atoms with Crippen LogP contribution in [0, 0.1) is 6.92 Å². The second kappa shape index (κ2) is 4.76. The highest BCUT2D eigenvalue weighted by atomic mass is 16.7. The Labute approximate surface area is 112 Å². The lowest BCUT2D eigenvalue weighted by atomic mass is 10.2. The summed E-state index contributed by atoms with van der Waals surface area (Å²) >= 11 is 0. The summed E-state index contributed by atoms with van der Waals surface area (Å²) in [6.07, 6.45) is 0. The van der Waals surface area contributed by atoms with Crippen LogP contribution in [0.25, 0.3) is 22.4 Å². The molecule has 0 fully saturated rings. The maximum absolute atomic E-state index is 5.75. The van der Waals surface area contributed by atoms with Crippen LogP contribution >= 0.6 is 0 Å². The smallest absolute Gasteiger partial charge is 0.176 e. The minimum atomic E-state index is 0.610. The van der Waals surface area contributed by atoms with Crippen LogP contribution in [0.5, 0.6) is 0 Å². The number of aryl methyl sites for hydroxylation is 1. The van der Waals surface area contributed by atoms with Crippen LogP contribution in [0.4, 0.5) is 0 Å². The van der Waals surface area contributed by atoms with Crippen molar-refractivity contribution in [3.05, 3.63) is 54.1 Å². The highest BCUT2D eigenvalue weighted by Crippen LogP contribution is 2.25. The molecule has 3 rings (SSSR count). The van der Waals surface area contributed by atoms with Crippen molar-refractivity contribution in [2.24, 2.45) is 0 Å². The molecule has 96 valence electrons. The Morgan fingerprint density at radius 2 is 1.84 bits per heavy atom. The Morgan fingerprint density at radius 1 is 1.05 bits per heavy atom. The highest BCUT2D eigenvalue weighted by molar-refractivity contribution is 5.83. The largest absolute Gasteiger partial charge is 0.412 e. The standard InChI is InChI=1S/C16H16N2O/c1-3-19-18-14-11-7-8-12(2)15(14)17-16(18)13-9-5-4-6-10-13/h4-11H,3H2,1-2H3. The Bertz CT molecular complexity index is 701. The molecular weight excluding hydrogens is 236 g/mol. The molecule has 2 aromatic carbocycles. The van der Waals surface area contributed by atoms with Gasteiger partial charge < -0.3 is 4.84 Å². The van der Waals surface area contributed by atoms with E-state index in [0.29, 0.717) is 6.61 Å². The van der Waals surface area contributed by atoms with Gasteiger partial charge in [-0.15, -0.1) is 0 Å². The van der Waals surface area contributed by atoms with E-state index in [1.54, 1.807) is 0 Å². The van der Waals surface area contributed by atoms with Crippen LogP contribution in [0.3, 0.4) is 0 Å². The monoisotopic (exact) mass is 252 g/mol. The van der Waals surface area contributed by atoms with Crippen LogP contribution in [-0.4, -0.2) is 16.3 Å². The van der Waals surface area contributed by atoms with Crippen LogP contribution in [0.1, 0.15) is 12.5 Å². The number of hydrogen-bond donors (Lipinski definition) is 0. The number of imidazole rings is 1. The molecule has 1 aromatic heterocycles. The second-order valence-corrected chi connectivity index (χ2v) is 4.46. The topological polar surface area (TPSA) is 27.1 Å². The van der Waals surface area contributed by atoms with E-state index in [0.717, 1.165) is 28.0 Å². The van der Waals surface area contributed by atoms with Gasteiger partial charge in [-0.3, -0.25) is 0 Å². The van der Waals surface area contributed by atoms with Crippen molar-refractivity contribution in [2.75, 3.05) is 6.61 Å². The van der Waals surface area contributed by atoms with Gasteiger partial charge in [0.25, 0.3) is 0 Å². The zero-order valence-electron chi connectivity index (χ0n) is 11.1. The Morgan fingerprint density at radius 3 is 2.58 bits per heavy atom. The van der Waals surface area contributed by atoms with Crippen LogP contribution in [0.15, 0.2) is 48.5 Å². The van der Waals surface area contributed by atoms with E-state index in [9.17, 15) is 0 Å². The van der Waals surface area contributed by atoms with Gasteiger partial charge in [-0.25, -0.2) is 4.98 Å². The van der Waals surface area contributed by atoms with Crippen molar-refractivity contribution in [2.45, 2.75) is 13.8 Å².